The van der Waals surface area contributed by atoms with E-state index in [0.717, 1.165) is 11.5 Å². The van der Waals surface area contributed by atoms with E-state index in [1.54, 1.807) is 17.0 Å². The zero-order valence-corrected chi connectivity index (χ0v) is 18.7. The minimum atomic E-state index is -1.63. The summed E-state index contributed by atoms with van der Waals surface area (Å²) in [6, 6.07) is 1.41. The molecule has 1 aromatic heterocycles. The zero-order valence-electron chi connectivity index (χ0n) is 17.9. The van der Waals surface area contributed by atoms with Gasteiger partial charge in [-0.1, -0.05) is 4.67 Å². The Morgan fingerprint density at radius 2 is 1.85 bits per heavy atom. The number of anilines is 1. The molecule has 1 aromatic carbocycles. The predicted molar refractivity (Wildman–Crippen MR) is 120 cm³/mol. The summed E-state index contributed by atoms with van der Waals surface area (Å²) in [5, 5.41) is 6.00. The summed E-state index contributed by atoms with van der Waals surface area (Å²) in [4.78, 5) is 39.3. The summed E-state index contributed by atoms with van der Waals surface area (Å²) < 4.78 is 46.4. The molecule has 174 valence electrons. The van der Waals surface area contributed by atoms with Crippen LogP contribution < -0.4 is 15.3 Å². The van der Waals surface area contributed by atoms with Gasteiger partial charge in [-0.05, 0) is 44.1 Å². The maximum absolute atomic E-state index is 13.6. The Hall–Kier alpha value is -3.30. The lowest BCUT2D eigenvalue weighted by molar-refractivity contribution is -0.117. The number of hydrogen-bond acceptors (Lipinski definition) is 4. The molecule has 6 rings (SSSR count). The highest BCUT2D eigenvalue weighted by molar-refractivity contribution is 8.26. The van der Waals surface area contributed by atoms with Gasteiger partial charge < -0.3 is 15.2 Å². The number of amides is 2. The van der Waals surface area contributed by atoms with Gasteiger partial charge in [-0.25, -0.2) is 13.2 Å². The van der Waals surface area contributed by atoms with Crippen molar-refractivity contribution in [2.24, 2.45) is 5.92 Å². The lowest BCUT2D eigenvalue weighted by Crippen LogP contribution is -2.47. The number of carbonyl (C=O) groups excluding carboxylic acids is 3. The molecule has 0 radical (unpaired) electrons. The van der Waals surface area contributed by atoms with Gasteiger partial charge in [0, 0.05) is 29.6 Å². The number of fused-ring (bicyclic) bond motifs is 3. The maximum atomic E-state index is 13.6. The number of ketones is 1. The van der Waals surface area contributed by atoms with Crippen LogP contribution in [0.15, 0.2) is 12.1 Å². The Labute approximate surface area is 195 Å². The number of Topliss-reactive ketones (excluding diaryl/α,β-unsaturated/α-hetero) is 1. The van der Waals surface area contributed by atoms with Gasteiger partial charge in [0.2, 0.25) is 0 Å². The number of nitrogens with zero attached hydrogens (tertiary/aromatic N) is 2. The van der Waals surface area contributed by atoms with Gasteiger partial charge in [0.1, 0.15) is 5.69 Å². The van der Waals surface area contributed by atoms with Crippen LogP contribution in [-0.2, 0) is 11.2 Å². The molecule has 2 atom stereocenters. The highest BCUT2D eigenvalue weighted by Crippen LogP contribution is 2.54. The molecule has 2 unspecified atom stereocenters. The van der Waals surface area contributed by atoms with Gasteiger partial charge in [-0.2, -0.15) is 0 Å². The first kappa shape index (κ1) is 21.2. The molecule has 2 fully saturated rings. The number of nitrogens with one attached hydrogen (secondary N) is 2. The van der Waals surface area contributed by atoms with E-state index in [0.29, 0.717) is 42.7 Å². The first-order valence-electron chi connectivity index (χ1n) is 10.8. The number of aromatic nitrogens is 1. The van der Waals surface area contributed by atoms with E-state index in [4.69, 9.17) is 0 Å². The minimum Gasteiger partial charge on any atom is -0.336 e. The third-order valence-corrected chi connectivity index (χ3v) is 7.89. The molecule has 2 saturated carbocycles. The summed E-state index contributed by atoms with van der Waals surface area (Å²) >= 11 is 1.43. The quantitative estimate of drug-likeness (QED) is 0.284. The number of halogens is 3. The molecule has 2 amide bonds. The molecule has 0 bridgehead atoms. The number of benzene rings is 1. The van der Waals surface area contributed by atoms with Gasteiger partial charge in [-0.3, -0.25) is 14.4 Å². The van der Waals surface area contributed by atoms with Gasteiger partial charge in [0.25, 0.3) is 17.6 Å². The molecule has 0 saturated heterocycles. The summed E-state index contributed by atoms with van der Waals surface area (Å²) in [5.41, 5.74) is 2.14. The lowest BCUT2D eigenvalue weighted by atomic mass is 10.0. The van der Waals surface area contributed by atoms with Gasteiger partial charge in [0.15, 0.2) is 23.0 Å². The molecular formula is C23H18F3N4O3S+. The molecule has 0 spiro atoms. The van der Waals surface area contributed by atoms with Crippen molar-refractivity contribution >= 4 is 45.6 Å². The molecule has 2 aliphatic heterocycles. The largest absolute Gasteiger partial charge is 0.374 e. The summed E-state index contributed by atoms with van der Waals surface area (Å²) in [5.74, 6) is -6.37. The molecule has 2 aromatic rings. The third-order valence-electron chi connectivity index (χ3n) is 6.96. The maximum Gasteiger partial charge on any atom is 0.374 e. The fraction of sp³-hybridized carbons (Fsp3) is 0.348. The van der Waals surface area contributed by atoms with Crippen molar-refractivity contribution < 1.29 is 27.6 Å². The standard InChI is InChI=1S/C23H17F3N4O3S/c1-9-16(19(31)21(33)29-23(2-3-23)22-27-8-34-22)15-5-10-4-14(10)30(15)18(9)20(32)28-11-6-12(24)17(26)13(25)7-11/h6-8,10,14H,2-5H2,1H3,(H-,28,29,32,33)/p+1. The molecule has 3 heterocycles. The second-order valence-electron chi connectivity index (χ2n) is 9.16. The van der Waals surface area contributed by atoms with Crippen LogP contribution in [0.5, 0.6) is 0 Å². The first-order valence-corrected chi connectivity index (χ1v) is 11.7. The van der Waals surface area contributed by atoms with Crippen LogP contribution in [0.4, 0.5) is 18.9 Å². The Bertz CT molecular complexity index is 1380. The Morgan fingerprint density at radius 1 is 1.18 bits per heavy atom. The van der Waals surface area contributed by atoms with E-state index in [2.05, 4.69) is 15.3 Å². The lowest BCUT2D eigenvalue weighted by Gasteiger charge is -2.12. The van der Waals surface area contributed by atoms with E-state index in [1.807, 2.05) is 0 Å². The predicted octanol–water partition coefficient (Wildman–Crippen LogP) is 2.66. The van der Waals surface area contributed by atoms with E-state index >= 15 is 0 Å². The highest BCUT2D eigenvalue weighted by atomic mass is 32.2. The number of carbonyl (C=O) groups is 3. The highest BCUT2D eigenvalue weighted by Gasteiger charge is 2.58. The normalized spacial score (nSPS) is 22.3. The van der Waals surface area contributed by atoms with E-state index < -0.39 is 40.6 Å². The molecule has 7 nitrogen and oxygen atoms in total. The zero-order chi connectivity index (χ0) is 23.9. The topological polar surface area (TPSA) is 94.3 Å². The smallest absolute Gasteiger partial charge is 0.336 e. The van der Waals surface area contributed by atoms with Crippen molar-refractivity contribution in [3.05, 3.63) is 52.1 Å². The average Bonchev–Trinajstić information content (AvgIpc) is 3.62. The van der Waals surface area contributed by atoms with Crippen LogP contribution in [0.1, 0.15) is 57.4 Å². The van der Waals surface area contributed by atoms with Gasteiger partial charge in [-0.15, -0.1) is 0 Å². The summed E-state index contributed by atoms with van der Waals surface area (Å²) in [6.45, 7) is 1.58. The monoisotopic (exact) mass is 487 g/mol. The van der Waals surface area contributed by atoms with Crippen LogP contribution >= 0.6 is 11.8 Å². The summed E-state index contributed by atoms with van der Waals surface area (Å²) in [7, 11) is 0. The fourth-order valence-corrected chi connectivity index (χ4v) is 5.69. The molecule has 11 heteroatoms. The summed E-state index contributed by atoms with van der Waals surface area (Å²) in [6.07, 6.45) is 2.83. The second kappa shape index (κ2) is 7.10. The Kier molecular flexibility index (Phi) is 4.44. The Balaban J connectivity index is 1.32. The van der Waals surface area contributed by atoms with Crippen LogP contribution in [-0.4, -0.2) is 38.3 Å². The van der Waals surface area contributed by atoms with Crippen molar-refractivity contribution in [2.75, 3.05) is 5.32 Å². The molecule has 2 aliphatic carbocycles. The number of rotatable bonds is 6. The Morgan fingerprint density at radius 3 is 2.44 bits per heavy atom. The molecule has 2 N–H and O–H groups in total. The van der Waals surface area contributed by atoms with Crippen molar-refractivity contribution in [1.82, 2.24) is 14.6 Å². The molecule has 4 aliphatic rings. The second-order valence-corrected chi connectivity index (χ2v) is 10.00. The van der Waals surface area contributed by atoms with E-state index in [-0.39, 0.29) is 28.9 Å². The fourth-order valence-electron chi connectivity index (χ4n) is 5.00. The average molecular weight is 487 g/mol. The minimum absolute atomic E-state index is 0.0341. The molecular weight excluding hydrogens is 469 g/mol. The van der Waals surface area contributed by atoms with Crippen molar-refractivity contribution in [1.29, 1.82) is 0 Å². The first-order chi connectivity index (χ1) is 16.2. The third kappa shape index (κ3) is 3.07. The molecule has 34 heavy (non-hydrogen) atoms. The van der Waals surface area contributed by atoms with Crippen molar-refractivity contribution in [3.8, 4) is 0 Å². The van der Waals surface area contributed by atoms with Gasteiger partial charge >= 0.3 is 10.6 Å². The SMILES string of the molecule is Cc1c(C(=O)C(=O)NC2(C3=[N+]=CS3)CC2)c2n(c1C(=O)Nc1cc(F)c(F)c(F)c1)C1CC1C2. The van der Waals surface area contributed by atoms with Crippen molar-refractivity contribution in [3.63, 3.8) is 0 Å². The van der Waals surface area contributed by atoms with Crippen molar-refractivity contribution in [2.45, 2.75) is 44.2 Å². The number of hydrogen-bond donors (Lipinski definition) is 2. The van der Waals surface area contributed by atoms with Gasteiger partial charge in [0.05, 0.1) is 17.3 Å². The van der Waals surface area contributed by atoms with Crippen LogP contribution in [0.2, 0.25) is 0 Å². The van der Waals surface area contributed by atoms with E-state index in [1.165, 1.54) is 11.8 Å². The van der Waals surface area contributed by atoms with Crippen LogP contribution in [0, 0.1) is 30.3 Å². The number of thioether (sulfide) groups is 1. The van der Waals surface area contributed by atoms with E-state index in [9.17, 15) is 27.6 Å². The van der Waals surface area contributed by atoms with Crippen LogP contribution in [0.3, 0.4) is 0 Å². The van der Waals surface area contributed by atoms with Crippen LogP contribution in [0.25, 0.3) is 0 Å².